The summed E-state index contributed by atoms with van der Waals surface area (Å²) in [7, 11) is 0. The Hall–Kier alpha value is -1.94. The van der Waals surface area contributed by atoms with Gasteiger partial charge in [-0.15, -0.1) is 0 Å². The summed E-state index contributed by atoms with van der Waals surface area (Å²) in [5.74, 6) is -1.16. The van der Waals surface area contributed by atoms with Crippen molar-refractivity contribution in [1.29, 1.82) is 0 Å². The van der Waals surface area contributed by atoms with Gasteiger partial charge < -0.3 is 5.32 Å². The van der Waals surface area contributed by atoms with E-state index in [1.54, 1.807) is 24.3 Å². The Morgan fingerprint density at radius 1 is 1.26 bits per heavy atom. The van der Waals surface area contributed by atoms with Gasteiger partial charge in [0, 0.05) is 28.6 Å². The molecule has 2 unspecified atom stereocenters. The normalized spacial score (nSPS) is 22.7. The second-order valence-electron chi connectivity index (χ2n) is 6.08. The molecule has 5 heteroatoms. The van der Waals surface area contributed by atoms with Gasteiger partial charge in [-0.3, -0.25) is 4.79 Å². The summed E-state index contributed by atoms with van der Waals surface area (Å²) in [6.45, 7) is 2.31. The summed E-state index contributed by atoms with van der Waals surface area (Å²) in [4.78, 5) is 12.2. The minimum atomic E-state index is -0.597. The van der Waals surface area contributed by atoms with Gasteiger partial charge >= 0.3 is 0 Å². The van der Waals surface area contributed by atoms with Crippen LogP contribution in [-0.4, -0.2) is 12.5 Å². The third kappa shape index (κ3) is 3.08. The number of rotatable bonds is 4. The molecule has 0 heterocycles. The number of nitrogens with one attached hydrogen (secondary N) is 1. The van der Waals surface area contributed by atoms with Gasteiger partial charge in [0.15, 0.2) is 0 Å². The average Bonchev–Trinajstić information content (AvgIpc) is 3.16. The quantitative estimate of drug-likeness (QED) is 0.885. The van der Waals surface area contributed by atoms with E-state index in [1.165, 1.54) is 12.1 Å². The number of hydrogen-bond acceptors (Lipinski definition) is 1. The second-order valence-corrected chi connectivity index (χ2v) is 6.51. The second kappa shape index (κ2) is 5.93. The van der Waals surface area contributed by atoms with Crippen LogP contribution in [0, 0.1) is 17.6 Å². The van der Waals surface area contributed by atoms with Gasteiger partial charge in [0.25, 0.3) is 5.91 Å². The summed E-state index contributed by atoms with van der Waals surface area (Å²) in [5, 5.41) is 3.41. The van der Waals surface area contributed by atoms with Crippen molar-refractivity contribution in [2.75, 3.05) is 6.54 Å². The Labute approximate surface area is 138 Å². The van der Waals surface area contributed by atoms with E-state index in [4.69, 9.17) is 11.6 Å². The zero-order valence-electron chi connectivity index (χ0n) is 12.6. The number of carbonyl (C=O) groups excluding carboxylic acids is 1. The van der Waals surface area contributed by atoms with Crippen molar-refractivity contribution in [3.8, 4) is 0 Å². The van der Waals surface area contributed by atoms with Crippen molar-refractivity contribution in [3.63, 3.8) is 0 Å². The molecule has 0 radical (unpaired) electrons. The molecule has 2 aromatic carbocycles. The van der Waals surface area contributed by atoms with Crippen molar-refractivity contribution in [3.05, 3.63) is 70.2 Å². The number of amides is 1. The lowest BCUT2D eigenvalue weighted by molar-refractivity contribution is 0.0949. The molecule has 23 heavy (non-hydrogen) atoms. The molecule has 1 amide bonds. The van der Waals surface area contributed by atoms with E-state index < -0.39 is 17.0 Å². The number of carbonyl (C=O) groups is 1. The molecular formula is C18H16ClF2NO. The van der Waals surface area contributed by atoms with Crippen LogP contribution in [0.2, 0.25) is 5.02 Å². The van der Waals surface area contributed by atoms with Crippen LogP contribution in [-0.2, 0) is 5.41 Å². The fourth-order valence-corrected chi connectivity index (χ4v) is 3.17. The number of benzene rings is 2. The molecular weight excluding hydrogens is 320 g/mol. The van der Waals surface area contributed by atoms with Crippen molar-refractivity contribution in [2.24, 2.45) is 5.92 Å². The average molecular weight is 336 g/mol. The van der Waals surface area contributed by atoms with Crippen molar-refractivity contribution in [2.45, 2.75) is 18.8 Å². The standard InChI is InChI=1S/C18H16ClF2NO/c1-11-9-18(11,15-7-6-14(20)8-16(15)21)10-22-17(23)12-2-4-13(19)5-3-12/h2-8,11H,9-10H2,1H3,(H,22,23). The zero-order chi connectivity index (χ0) is 16.6. The Morgan fingerprint density at radius 2 is 1.91 bits per heavy atom. The van der Waals surface area contributed by atoms with Crippen molar-refractivity contribution < 1.29 is 13.6 Å². The first kappa shape index (κ1) is 15.9. The number of hydrogen-bond donors (Lipinski definition) is 1. The third-order valence-electron chi connectivity index (χ3n) is 4.59. The van der Waals surface area contributed by atoms with Gasteiger partial charge in [-0.25, -0.2) is 8.78 Å². The first-order valence-corrected chi connectivity index (χ1v) is 7.79. The maximum absolute atomic E-state index is 14.1. The summed E-state index contributed by atoms with van der Waals surface area (Å²) < 4.78 is 27.2. The first-order valence-electron chi connectivity index (χ1n) is 7.42. The lowest BCUT2D eigenvalue weighted by Crippen LogP contribution is -2.33. The van der Waals surface area contributed by atoms with Crippen LogP contribution in [0.3, 0.4) is 0 Å². The number of halogens is 3. The van der Waals surface area contributed by atoms with Crippen LogP contribution in [0.25, 0.3) is 0 Å². The Bertz CT molecular complexity index is 747. The van der Waals surface area contributed by atoms with Crippen LogP contribution in [0.1, 0.15) is 29.3 Å². The van der Waals surface area contributed by atoms with Crippen molar-refractivity contribution in [1.82, 2.24) is 5.32 Å². The largest absolute Gasteiger partial charge is 0.351 e. The molecule has 0 aromatic heterocycles. The maximum atomic E-state index is 14.1. The molecule has 120 valence electrons. The first-order chi connectivity index (χ1) is 10.9. The molecule has 1 aliphatic rings. The SMILES string of the molecule is CC1CC1(CNC(=O)c1ccc(Cl)cc1)c1ccc(F)cc1F. The summed E-state index contributed by atoms with van der Waals surface area (Å²) in [5.41, 5.74) is 0.500. The van der Waals surface area contributed by atoms with E-state index in [2.05, 4.69) is 5.32 Å². The maximum Gasteiger partial charge on any atom is 0.251 e. The molecule has 1 aliphatic carbocycles. The minimum Gasteiger partial charge on any atom is -0.351 e. The predicted molar refractivity (Wildman–Crippen MR) is 85.6 cm³/mol. The van der Waals surface area contributed by atoms with Gasteiger partial charge in [-0.05, 0) is 48.2 Å². The molecule has 1 fully saturated rings. The molecule has 2 nitrogen and oxygen atoms in total. The lowest BCUT2D eigenvalue weighted by Gasteiger charge is -2.19. The Morgan fingerprint density at radius 3 is 2.48 bits per heavy atom. The molecule has 0 saturated heterocycles. The highest BCUT2D eigenvalue weighted by Crippen LogP contribution is 2.54. The highest BCUT2D eigenvalue weighted by molar-refractivity contribution is 6.30. The summed E-state index contributed by atoms with van der Waals surface area (Å²) in [6.07, 6.45) is 0.760. The van der Waals surface area contributed by atoms with Gasteiger partial charge in [-0.1, -0.05) is 24.6 Å². The molecule has 0 spiro atoms. The molecule has 0 bridgehead atoms. The van der Waals surface area contributed by atoms with Gasteiger partial charge in [0.05, 0.1) is 0 Å². The van der Waals surface area contributed by atoms with E-state index in [-0.39, 0.29) is 11.8 Å². The predicted octanol–water partition coefficient (Wildman–Crippen LogP) is 4.33. The fraction of sp³-hybridized carbons (Fsp3) is 0.278. The fourth-order valence-electron chi connectivity index (χ4n) is 3.04. The molecule has 2 aromatic rings. The van der Waals surface area contributed by atoms with E-state index >= 15 is 0 Å². The van der Waals surface area contributed by atoms with E-state index in [1.807, 2.05) is 6.92 Å². The van der Waals surface area contributed by atoms with Gasteiger partial charge in [0.2, 0.25) is 0 Å². The van der Waals surface area contributed by atoms with E-state index in [9.17, 15) is 13.6 Å². The Balaban J connectivity index is 1.75. The van der Waals surface area contributed by atoms with Crippen LogP contribution in [0.4, 0.5) is 8.78 Å². The van der Waals surface area contributed by atoms with Gasteiger partial charge in [-0.2, -0.15) is 0 Å². The van der Waals surface area contributed by atoms with E-state index in [0.29, 0.717) is 22.7 Å². The minimum absolute atomic E-state index is 0.230. The summed E-state index contributed by atoms with van der Waals surface area (Å²) >= 11 is 5.80. The summed E-state index contributed by atoms with van der Waals surface area (Å²) in [6, 6.07) is 10.2. The van der Waals surface area contributed by atoms with Crippen LogP contribution in [0.15, 0.2) is 42.5 Å². The van der Waals surface area contributed by atoms with Crippen LogP contribution < -0.4 is 5.32 Å². The lowest BCUT2D eigenvalue weighted by atomic mass is 9.92. The zero-order valence-corrected chi connectivity index (χ0v) is 13.3. The van der Waals surface area contributed by atoms with E-state index in [0.717, 1.165) is 12.5 Å². The molecule has 2 atom stereocenters. The highest BCUT2D eigenvalue weighted by atomic mass is 35.5. The molecule has 3 rings (SSSR count). The Kier molecular flexibility index (Phi) is 4.11. The third-order valence-corrected chi connectivity index (χ3v) is 4.84. The molecule has 0 aliphatic heterocycles. The highest BCUT2D eigenvalue weighted by Gasteiger charge is 2.53. The van der Waals surface area contributed by atoms with Crippen LogP contribution in [0.5, 0.6) is 0 Å². The van der Waals surface area contributed by atoms with Crippen molar-refractivity contribution >= 4 is 17.5 Å². The van der Waals surface area contributed by atoms with Crippen LogP contribution >= 0.6 is 11.6 Å². The molecule has 1 saturated carbocycles. The monoisotopic (exact) mass is 335 g/mol. The van der Waals surface area contributed by atoms with Gasteiger partial charge in [0.1, 0.15) is 11.6 Å². The smallest absolute Gasteiger partial charge is 0.251 e. The molecule has 1 N–H and O–H groups in total. The topological polar surface area (TPSA) is 29.1 Å².